The van der Waals surface area contributed by atoms with Gasteiger partial charge in [-0.25, -0.2) is 0 Å². The summed E-state index contributed by atoms with van der Waals surface area (Å²) in [4.78, 5) is 14.1. The molecule has 2 aromatic carbocycles. The number of pyridine rings is 1. The lowest BCUT2D eigenvalue weighted by Gasteiger charge is -2.61. The Hall–Kier alpha value is -3.15. The van der Waals surface area contributed by atoms with Crippen molar-refractivity contribution in [3.63, 3.8) is 0 Å². The predicted octanol–water partition coefficient (Wildman–Crippen LogP) is -0.722. The normalized spacial score (nSPS) is 19.9. The van der Waals surface area contributed by atoms with Gasteiger partial charge < -0.3 is 50.6 Å². The van der Waals surface area contributed by atoms with Crippen molar-refractivity contribution in [3.05, 3.63) is 70.3 Å². The minimum Gasteiger partial charge on any atom is -0.494 e. The summed E-state index contributed by atoms with van der Waals surface area (Å²) in [7, 11) is 0. The number of thiophene rings is 1. The Labute approximate surface area is 224 Å². The van der Waals surface area contributed by atoms with Crippen molar-refractivity contribution in [2.75, 3.05) is 18.1 Å². The second-order valence-corrected chi connectivity index (χ2v) is 10.2. The fraction of sp³-hybridized carbons (Fsp3) is 0.320. The number of nitrogens with zero attached hydrogens (tertiary/aromatic N) is 2. The third-order valence-electron chi connectivity index (χ3n) is 6.73. The van der Waals surface area contributed by atoms with Crippen LogP contribution in [0, 0.1) is 0 Å². The van der Waals surface area contributed by atoms with Gasteiger partial charge in [-0.1, -0.05) is 6.07 Å². The summed E-state index contributed by atoms with van der Waals surface area (Å²) < 4.78 is 6.21. The second-order valence-electron chi connectivity index (χ2n) is 9.27. The van der Waals surface area contributed by atoms with Gasteiger partial charge in [0.05, 0.1) is 17.8 Å². The molecule has 0 amide bonds. The number of aromatic amines is 1. The molecule has 13 nitrogen and oxygen atoms in total. The molecule has 39 heavy (non-hydrogen) atoms. The molecule has 1 aliphatic rings. The lowest BCUT2D eigenvalue weighted by atomic mass is 10.0. The molecule has 1 aliphatic heterocycles. The van der Waals surface area contributed by atoms with Crippen LogP contribution in [0.15, 0.2) is 64.8 Å². The average molecular weight is 562 g/mol. The molecule has 5 rings (SSSR count). The third kappa shape index (κ3) is 4.36. The Bertz CT molecular complexity index is 1540. The van der Waals surface area contributed by atoms with Crippen LogP contribution in [0.2, 0.25) is 0 Å². The first-order valence-corrected chi connectivity index (χ1v) is 12.8. The van der Waals surface area contributed by atoms with E-state index in [9.17, 15) is 45.6 Å². The van der Waals surface area contributed by atoms with E-state index in [1.165, 1.54) is 35.6 Å². The molecule has 0 unspecified atom stereocenters. The SMILES string of the molecule is O=c1ccc2ccc(OCCCCN3C(O)(O)C(O)(O)N(c4cccc5sccc45)C(O)(O)C3(O)O)cc2[nH]1. The van der Waals surface area contributed by atoms with Crippen LogP contribution in [0.1, 0.15) is 12.8 Å². The second kappa shape index (κ2) is 9.50. The number of fused-ring (bicyclic) bond motifs is 2. The third-order valence-corrected chi connectivity index (χ3v) is 7.61. The maximum absolute atomic E-state index is 11.5. The average Bonchev–Trinajstić information content (AvgIpc) is 3.34. The Balaban J connectivity index is 1.33. The zero-order valence-electron chi connectivity index (χ0n) is 20.3. The van der Waals surface area contributed by atoms with E-state index in [1.807, 2.05) is 0 Å². The number of unbranched alkanes of at least 4 members (excludes halogenated alkanes) is 1. The maximum atomic E-state index is 11.5. The summed E-state index contributed by atoms with van der Waals surface area (Å²) in [5.74, 6) is -14.8. The molecule has 0 saturated carbocycles. The van der Waals surface area contributed by atoms with Crippen LogP contribution in [-0.4, -0.2) is 87.5 Å². The van der Waals surface area contributed by atoms with Gasteiger partial charge in [-0.2, -0.15) is 4.90 Å². The molecule has 4 aromatic rings. The molecule has 2 aromatic heterocycles. The van der Waals surface area contributed by atoms with Gasteiger partial charge in [-0.05, 0) is 60.0 Å². The first kappa shape index (κ1) is 27.4. The maximum Gasteiger partial charge on any atom is 0.324 e. The quantitative estimate of drug-likeness (QED) is 0.101. The molecule has 0 atom stereocenters. The van der Waals surface area contributed by atoms with Crippen LogP contribution < -0.4 is 15.2 Å². The molecular weight excluding hydrogens is 534 g/mol. The summed E-state index contributed by atoms with van der Waals surface area (Å²) >= 11 is 1.24. The molecule has 1 saturated heterocycles. The first-order chi connectivity index (χ1) is 18.3. The zero-order chi connectivity index (χ0) is 28.2. The Morgan fingerprint density at radius 1 is 0.821 bits per heavy atom. The monoisotopic (exact) mass is 561 g/mol. The molecule has 14 heteroatoms. The number of rotatable bonds is 7. The van der Waals surface area contributed by atoms with Crippen molar-refractivity contribution in [1.82, 2.24) is 9.88 Å². The summed E-state index contributed by atoms with van der Waals surface area (Å²) in [6.07, 6.45) is 0.153. The van der Waals surface area contributed by atoms with Crippen LogP contribution in [0.25, 0.3) is 21.0 Å². The minimum absolute atomic E-state index is 0.0367. The van der Waals surface area contributed by atoms with Gasteiger partial charge in [0.25, 0.3) is 0 Å². The number of ether oxygens (including phenoxy) is 1. The highest BCUT2D eigenvalue weighted by Gasteiger charge is 2.76. The van der Waals surface area contributed by atoms with Crippen molar-refractivity contribution < 1.29 is 45.6 Å². The first-order valence-electron chi connectivity index (χ1n) is 11.9. The summed E-state index contributed by atoms with van der Waals surface area (Å²) in [5.41, 5.74) is -0.0166. The Morgan fingerprint density at radius 3 is 2.23 bits per heavy atom. The van der Waals surface area contributed by atoms with Crippen molar-refractivity contribution in [1.29, 1.82) is 0 Å². The van der Waals surface area contributed by atoms with Crippen LogP contribution in [0.5, 0.6) is 5.75 Å². The molecule has 208 valence electrons. The number of piperazine rings is 1. The Kier molecular flexibility index (Phi) is 6.68. The van der Waals surface area contributed by atoms with E-state index in [-0.39, 0.29) is 45.9 Å². The van der Waals surface area contributed by atoms with Gasteiger partial charge in [-0.3, -0.25) is 9.69 Å². The number of benzene rings is 2. The Morgan fingerprint density at radius 2 is 1.51 bits per heavy atom. The number of nitrogens with one attached hydrogen (secondary N) is 1. The number of aliphatic hydroxyl groups is 8. The van der Waals surface area contributed by atoms with Crippen molar-refractivity contribution in [2.45, 2.75) is 36.5 Å². The summed E-state index contributed by atoms with van der Waals surface area (Å²) in [5, 5.41) is 89.3. The molecule has 0 aliphatic carbocycles. The van der Waals surface area contributed by atoms with Crippen LogP contribution in [0.4, 0.5) is 5.69 Å². The molecule has 9 N–H and O–H groups in total. The van der Waals surface area contributed by atoms with Gasteiger partial charge in [0, 0.05) is 28.8 Å². The highest BCUT2D eigenvalue weighted by Crippen LogP contribution is 2.48. The molecule has 0 radical (unpaired) electrons. The van der Waals surface area contributed by atoms with E-state index in [0.29, 0.717) is 16.0 Å². The van der Waals surface area contributed by atoms with Crippen LogP contribution in [0.3, 0.4) is 0 Å². The lowest BCUT2D eigenvalue weighted by Crippen LogP contribution is -2.90. The fourth-order valence-electron chi connectivity index (χ4n) is 4.70. The number of H-pyrrole nitrogens is 1. The molecule has 0 bridgehead atoms. The summed E-state index contributed by atoms with van der Waals surface area (Å²) in [6.45, 7) is -0.570. The largest absolute Gasteiger partial charge is 0.494 e. The van der Waals surface area contributed by atoms with Crippen molar-refractivity contribution >= 4 is 38.0 Å². The van der Waals surface area contributed by atoms with E-state index >= 15 is 0 Å². The standard InChI is InChI=1S/C25H27N3O10S/c29-21-9-7-15-6-8-16(14-18(15)26-21)38-12-2-1-11-27-22(30,31)24(34,35)28(25(36,37)23(27,32)33)19-4-3-5-20-17(19)10-13-39-20/h3-10,13-14,30-37H,1-2,11-12H2,(H,26,29). The van der Waals surface area contributed by atoms with Gasteiger partial charge in [0.2, 0.25) is 5.56 Å². The van der Waals surface area contributed by atoms with Gasteiger partial charge in [0.1, 0.15) is 5.75 Å². The number of aromatic nitrogens is 1. The molecular formula is C25H27N3O10S. The highest BCUT2D eigenvalue weighted by molar-refractivity contribution is 7.17. The van der Waals surface area contributed by atoms with Crippen LogP contribution in [-0.2, 0) is 0 Å². The number of anilines is 1. The molecule has 3 heterocycles. The summed E-state index contributed by atoms with van der Waals surface area (Å²) in [6, 6.07) is 13.9. The predicted molar refractivity (Wildman–Crippen MR) is 139 cm³/mol. The van der Waals surface area contributed by atoms with E-state index in [1.54, 1.807) is 35.7 Å². The van der Waals surface area contributed by atoms with E-state index < -0.39 is 30.2 Å². The highest BCUT2D eigenvalue weighted by atomic mass is 32.1. The fourth-order valence-corrected chi connectivity index (χ4v) is 5.51. The van der Waals surface area contributed by atoms with E-state index in [0.717, 1.165) is 5.39 Å². The molecule has 1 fully saturated rings. The van der Waals surface area contributed by atoms with Gasteiger partial charge in [0.15, 0.2) is 0 Å². The minimum atomic E-state index is -3.83. The van der Waals surface area contributed by atoms with Gasteiger partial charge in [-0.15, -0.1) is 11.3 Å². The smallest absolute Gasteiger partial charge is 0.324 e. The van der Waals surface area contributed by atoms with E-state index in [2.05, 4.69) is 4.98 Å². The lowest BCUT2D eigenvalue weighted by molar-refractivity contribution is -0.547. The number of hydrogen-bond acceptors (Lipinski definition) is 13. The van der Waals surface area contributed by atoms with Gasteiger partial charge >= 0.3 is 23.6 Å². The van der Waals surface area contributed by atoms with E-state index in [4.69, 9.17) is 4.74 Å². The molecule has 0 spiro atoms. The van der Waals surface area contributed by atoms with Crippen molar-refractivity contribution in [2.24, 2.45) is 0 Å². The number of hydrogen-bond donors (Lipinski definition) is 9. The van der Waals surface area contributed by atoms with Crippen LogP contribution >= 0.6 is 11.3 Å². The topological polar surface area (TPSA) is 210 Å². The zero-order valence-corrected chi connectivity index (χ0v) is 21.1. The van der Waals surface area contributed by atoms with Crippen molar-refractivity contribution in [3.8, 4) is 5.75 Å².